The lowest BCUT2D eigenvalue weighted by Crippen LogP contribution is -2.45. The van der Waals surface area contributed by atoms with Gasteiger partial charge in [-0.25, -0.2) is 19.3 Å². The predicted octanol–water partition coefficient (Wildman–Crippen LogP) is 1.79. The van der Waals surface area contributed by atoms with Gasteiger partial charge in [0.25, 0.3) is 0 Å². The highest BCUT2D eigenvalue weighted by Gasteiger charge is 2.26. The maximum atomic E-state index is 13.7. The number of hydrogen-bond donors (Lipinski definition) is 0. The van der Waals surface area contributed by atoms with Gasteiger partial charge in [-0.05, 0) is 26.7 Å². The van der Waals surface area contributed by atoms with E-state index >= 15 is 0 Å². The third-order valence-electron chi connectivity index (χ3n) is 5.50. The molecule has 0 aliphatic carbocycles. The Balaban J connectivity index is 1.54. The molecule has 0 radical (unpaired) electrons. The van der Waals surface area contributed by atoms with Gasteiger partial charge in [-0.3, -0.25) is 14.2 Å². The van der Waals surface area contributed by atoms with E-state index in [1.807, 2.05) is 18.7 Å². The molecule has 10 heteroatoms. The molecular formula is C21H25FN6O3. The van der Waals surface area contributed by atoms with Crippen LogP contribution in [0.4, 0.5) is 10.3 Å². The van der Waals surface area contributed by atoms with Gasteiger partial charge in [-0.15, -0.1) is 0 Å². The summed E-state index contributed by atoms with van der Waals surface area (Å²) in [5.74, 6) is 0.0648. The number of piperidine rings is 1. The molecule has 9 nitrogen and oxygen atoms in total. The SMILES string of the molecule is CC(C)OCc1cnc(N2CCC(n3c(=O)c(=O)n(C)c4cc(F)cnc43)CC2)nc1. The van der Waals surface area contributed by atoms with Crippen molar-refractivity contribution in [1.82, 2.24) is 24.1 Å². The highest BCUT2D eigenvalue weighted by Crippen LogP contribution is 2.25. The van der Waals surface area contributed by atoms with Crippen molar-refractivity contribution in [3.05, 3.63) is 56.7 Å². The van der Waals surface area contributed by atoms with Crippen LogP contribution < -0.4 is 16.0 Å². The molecule has 0 N–H and O–H groups in total. The van der Waals surface area contributed by atoms with E-state index in [1.54, 1.807) is 12.4 Å². The third-order valence-corrected chi connectivity index (χ3v) is 5.50. The van der Waals surface area contributed by atoms with E-state index in [4.69, 9.17) is 4.74 Å². The van der Waals surface area contributed by atoms with Gasteiger partial charge in [0.1, 0.15) is 5.82 Å². The molecule has 1 aliphatic heterocycles. The van der Waals surface area contributed by atoms with Gasteiger partial charge in [-0.1, -0.05) is 0 Å². The molecule has 0 spiro atoms. The van der Waals surface area contributed by atoms with Crippen LogP contribution in [0.3, 0.4) is 0 Å². The van der Waals surface area contributed by atoms with Crippen molar-refractivity contribution in [3.63, 3.8) is 0 Å². The number of fused-ring (bicyclic) bond motifs is 1. The van der Waals surface area contributed by atoms with Crippen molar-refractivity contribution in [1.29, 1.82) is 0 Å². The molecule has 0 bridgehead atoms. The Hall–Kier alpha value is -3.14. The van der Waals surface area contributed by atoms with E-state index in [0.29, 0.717) is 49.7 Å². The molecular weight excluding hydrogens is 403 g/mol. The van der Waals surface area contributed by atoms with E-state index in [-0.39, 0.29) is 12.1 Å². The molecule has 0 atom stereocenters. The lowest BCUT2D eigenvalue weighted by atomic mass is 10.0. The lowest BCUT2D eigenvalue weighted by molar-refractivity contribution is 0.0654. The third kappa shape index (κ3) is 4.20. The summed E-state index contributed by atoms with van der Waals surface area (Å²) in [6, 6.07) is 1.02. The molecule has 164 valence electrons. The topological polar surface area (TPSA) is 95.1 Å². The van der Waals surface area contributed by atoms with Crippen LogP contribution in [0, 0.1) is 5.82 Å². The molecule has 4 heterocycles. The van der Waals surface area contributed by atoms with Crippen molar-refractivity contribution in [2.75, 3.05) is 18.0 Å². The van der Waals surface area contributed by atoms with Gasteiger partial charge in [0.2, 0.25) is 5.95 Å². The summed E-state index contributed by atoms with van der Waals surface area (Å²) in [7, 11) is 1.45. The Morgan fingerprint density at radius 3 is 2.42 bits per heavy atom. The lowest BCUT2D eigenvalue weighted by Gasteiger charge is -2.33. The fourth-order valence-corrected chi connectivity index (χ4v) is 3.82. The van der Waals surface area contributed by atoms with Crippen LogP contribution in [-0.4, -0.2) is 43.3 Å². The largest absolute Gasteiger partial charge is 0.374 e. The van der Waals surface area contributed by atoms with Crippen molar-refractivity contribution >= 4 is 17.1 Å². The minimum atomic E-state index is -0.690. The summed E-state index contributed by atoms with van der Waals surface area (Å²) in [6.07, 6.45) is 5.95. The van der Waals surface area contributed by atoms with Crippen molar-refractivity contribution in [3.8, 4) is 0 Å². The molecule has 0 aromatic carbocycles. The second-order valence-corrected chi connectivity index (χ2v) is 8.00. The average Bonchev–Trinajstić information content (AvgIpc) is 2.77. The van der Waals surface area contributed by atoms with Gasteiger partial charge in [0, 0.05) is 50.2 Å². The molecule has 1 aliphatic rings. The number of rotatable bonds is 5. The van der Waals surface area contributed by atoms with Gasteiger partial charge >= 0.3 is 11.1 Å². The normalized spacial score (nSPS) is 15.2. The Labute approximate surface area is 178 Å². The Morgan fingerprint density at radius 2 is 1.77 bits per heavy atom. The summed E-state index contributed by atoms with van der Waals surface area (Å²) in [6.45, 7) is 5.66. The van der Waals surface area contributed by atoms with Gasteiger partial charge in [-0.2, -0.15) is 0 Å². The van der Waals surface area contributed by atoms with Crippen LogP contribution in [-0.2, 0) is 18.4 Å². The fraction of sp³-hybridized carbons (Fsp3) is 0.476. The Kier molecular flexibility index (Phi) is 5.81. The van der Waals surface area contributed by atoms with Crippen LogP contribution in [0.1, 0.15) is 38.3 Å². The van der Waals surface area contributed by atoms with Gasteiger partial charge in [0.05, 0.1) is 24.4 Å². The number of aryl methyl sites for hydroxylation is 1. The summed E-state index contributed by atoms with van der Waals surface area (Å²) < 4.78 is 21.8. The molecule has 3 aromatic heterocycles. The van der Waals surface area contributed by atoms with Crippen molar-refractivity contribution in [2.24, 2.45) is 7.05 Å². The van der Waals surface area contributed by atoms with Crippen LogP contribution in [0.2, 0.25) is 0 Å². The van der Waals surface area contributed by atoms with Crippen LogP contribution in [0.25, 0.3) is 11.2 Å². The fourth-order valence-electron chi connectivity index (χ4n) is 3.82. The number of hydrogen-bond acceptors (Lipinski definition) is 7. The van der Waals surface area contributed by atoms with E-state index in [9.17, 15) is 14.0 Å². The monoisotopic (exact) mass is 428 g/mol. The highest BCUT2D eigenvalue weighted by molar-refractivity contribution is 5.70. The number of pyridine rings is 1. The molecule has 0 amide bonds. The smallest absolute Gasteiger partial charge is 0.318 e. The molecule has 1 fully saturated rings. The van der Waals surface area contributed by atoms with E-state index < -0.39 is 16.9 Å². The highest BCUT2D eigenvalue weighted by atomic mass is 19.1. The second kappa shape index (κ2) is 8.54. The number of halogens is 1. The number of nitrogens with zero attached hydrogens (tertiary/aromatic N) is 6. The maximum Gasteiger partial charge on any atom is 0.318 e. The van der Waals surface area contributed by atoms with E-state index in [0.717, 1.165) is 16.3 Å². The first-order valence-electron chi connectivity index (χ1n) is 10.3. The molecule has 3 aromatic rings. The zero-order valence-corrected chi connectivity index (χ0v) is 17.8. The maximum absolute atomic E-state index is 13.7. The Bertz CT molecular complexity index is 1200. The number of aromatic nitrogens is 5. The van der Waals surface area contributed by atoms with E-state index in [1.165, 1.54) is 17.7 Å². The Morgan fingerprint density at radius 1 is 1.10 bits per heavy atom. The first-order valence-corrected chi connectivity index (χ1v) is 10.3. The standard InChI is InChI=1S/C21H25FN6O3/c1-13(2)31-12-14-9-24-21(25-10-14)27-6-4-16(5-7-27)28-18-17(8-15(22)11-23-18)26(3)19(29)20(28)30/h8-11,13,16H,4-7,12H2,1-3H3. The first-order chi connectivity index (χ1) is 14.8. The molecule has 0 unspecified atom stereocenters. The average molecular weight is 428 g/mol. The van der Waals surface area contributed by atoms with Crippen LogP contribution >= 0.6 is 0 Å². The minimum Gasteiger partial charge on any atom is -0.374 e. The van der Waals surface area contributed by atoms with Gasteiger partial charge < -0.3 is 14.2 Å². The molecule has 31 heavy (non-hydrogen) atoms. The van der Waals surface area contributed by atoms with Gasteiger partial charge in [0.15, 0.2) is 5.65 Å². The summed E-state index contributed by atoms with van der Waals surface area (Å²) >= 11 is 0. The van der Waals surface area contributed by atoms with Crippen molar-refractivity contribution < 1.29 is 9.13 Å². The first kappa shape index (κ1) is 21.1. The zero-order chi connectivity index (χ0) is 22.1. The summed E-state index contributed by atoms with van der Waals surface area (Å²) in [4.78, 5) is 40.2. The number of ether oxygens (including phenoxy) is 1. The molecule has 0 saturated carbocycles. The van der Waals surface area contributed by atoms with E-state index in [2.05, 4.69) is 15.0 Å². The quantitative estimate of drug-likeness (QED) is 0.572. The zero-order valence-electron chi connectivity index (χ0n) is 17.8. The second-order valence-electron chi connectivity index (χ2n) is 8.00. The molecule has 4 rings (SSSR count). The summed E-state index contributed by atoms with van der Waals surface area (Å²) in [5.41, 5.74) is 0.194. The van der Waals surface area contributed by atoms with Crippen molar-refractivity contribution in [2.45, 2.75) is 45.4 Å². The van der Waals surface area contributed by atoms with Crippen LogP contribution in [0.15, 0.2) is 34.2 Å². The summed E-state index contributed by atoms with van der Waals surface area (Å²) in [5, 5.41) is 0. The molecule has 1 saturated heterocycles. The predicted molar refractivity (Wildman–Crippen MR) is 114 cm³/mol. The minimum absolute atomic E-state index is 0.138. The number of anilines is 1. The van der Waals surface area contributed by atoms with Crippen LogP contribution in [0.5, 0.6) is 0 Å².